The molecule has 0 aliphatic carbocycles. The van der Waals surface area contributed by atoms with Gasteiger partial charge in [-0.05, 0) is 31.5 Å². The summed E-state index contributed by atoms with van der Waals surface area (Å²) >= 11 is 11.8. The number of halogens is 2. The number of aliphatic hydroxyl groups is 1. The minimum absolute atomic E-state index is 0.114. The van der Waals surface area contributed by atoms with Crippen LogP contribution in [0.1, 0.15) is 12.1 Å². The highest BCUT2D eigenvalue weighted by Gasteiger charge is 2.04. The highest BCUT2D eigenvalue weighted by Crippen LogP contribution is 2.25. The van der Waals surface area contributed by atoms with E-state index in [0.717, 1.165) is 5.69 Å². The number of aliphatic hydroxyl groups excluding tert-OH is 1. The lowest BCUT2D eigenvalue weighted by Gasteiger charge is -2.08. The Kier molecular flexibility index (Phi) is 6.60. The molecular formula is C15H18Cl2N6O. The molecule has 24 heavy (non-hydrogen) atoms. The molecule has 0 fully saturated rings. The number of nitrogens with two attached hydrogens (primary N) is 1. The van der Waals surface area contributed by atoms with Crippen molar-refractivity contribution in [2.24, 2.45) is 10.7 Å². The van der Waals surface area contributed by atoms with Crippen molar-refractivity contribution in [2.75, 3.05) is 23.8 Å². The lowest BCUT2D eigenvalue weighted by Crippen LogP contribution is -2.22. The van der Waals surface area contributed by atoms with E-state index in [4.69, 9.17) is 34.0 Å². The SMILES string of the molecule is Cc1cc(NCCCO)nc(N=C(N)Nc2ccc(Cl)c(Cl)c2)n1. The first-order chi connectivity index (χ1) is 11.5. The van der Waals surface area contributed by atoms with Gasteiger partial charge in [0.15, 0.2) is 0 Å². The number of rotatable bonds is 6. The molecule has 0 bridgehead atoms. The highest BCUT2D eigenvalue weighted by molar-refractivity contribution is 6.42. The Bertz CT molecular complexity index is 738. The fourth-order valence-corrected chi connectivity index (χ4v) is 2.14. The molecule has 0 spiro atoms. The number of aromatic nitrogens is 2. The molecule has 128 valence electrons. The maximum absolute atomic E-state index is 8.81. The quantitative estimate of drug-likeness (QED) is 0.354. The van der Waals surface area contributed by atoms with Gasteiger partial charge in [0.2, 0.25) is 5.96 Å². The van der Waals surface area contributed by atoms with Crippen molar-refractivity contribution in [1.29, 1.82) is 0 Å². The second-order valence-corrected chi connectivity index (χ2v) is 5.76. The van der Waals surface area contributed by atoms with Crippen molar-refractivity contribution >= 4 is 46.6 Å². The third-order valence-corrected chi connectivity index (χ3v) is 3.63. The Balaban J connectivity index is 2.12. The first-order valence-corrected chi connectivity index (χ1v) is 8.00. The predicted octanol–water partition coefficient (Wildman–Crippen LogP) is 2.94. The molecule has 0 saturated heterocycles. The number of guanidine groups is 1. The van der Waals surface area contributed by atoms with Crippen molar-refractivity contribution in [3.8, 4) is 0 Å². The van der Waals surface area contributed by atoms with Crippen LogP contribution in [0.15, 0.2) is 29.3 Å². The largest absolute Gasteiger partial charge is 0.396 e. The van der Waals surface area contributed by atoms with Crippen LogP contribution in [0.3, 0.4) is 0 Å². The van der Waals surface area contributed by atoms with Crippen LogP contribution >= 0.6 is 23.2 Å². The van der Waals surface area contributed by atoms with E-state index >= 15 is 0 Å². The molecule has 5 N–H and O–H groups in total. The first-order valence-electron chi connectivity index (χ1n) is 7.24. The molecule has 0 atom stereocenters. The van der Waals surface area contributed by atoms with Crippen LogP contribution in [-0.4, -0.2) is 34.2 Å². The van der Waals surface area contributed by atoms with Crippen LogP contribution in [0.5, 0.6) is 0 Å². The van der Waals surface area contributed by atoms with Crippen molar-refractivity contribution in [1.82, 2.24) is 9.97 Å². The van der Waals surface area contributed by atoms with Gasteiger partial charge in [-0.15, -0.1) is 0 Å². The molecule has 1 heterocycles. The standard InChI is InChI=1S/C15H18Cl2N6O/c1-9-7-13(19-5-2-6-24)22-15(20-9)23-14(18)21-10-3-4-11(16)12(17)8-10/h3-4,7-8,24H,2,5-6H2,1H3,(H4,18,19,20,21,22,23). The zero-order valence-electron chi connectivity index (χ0n) is 13.1. The molecule has 2 rings (SSSR count). The van der Waals surface area contributed by atoms with E-state index < -0.39 is 0 Å². The highest BCUT2D eigenvalue weighted by atomic mass is 35.5. The number of aryl methyl sites for hydroxylation is 1. The summed E-state index contributed by atoms with van der Waals surface area (Å²) in [6.45, 7) is 2.55. The Hall–Kier alpha value is -2.09. The number of nitrogens with one attached hydrogen (secondary N) is 2. The Morgan fingerprint density at radius 2 is 2.04 bits per heavy atom. The summed E-state index contributed by atoms with van der Waals surface area (Å²) in [6.07, 6.45) is 0.628. The topological polar surface area (TPSA) is 108 Å². The lowest BCUT2D eigenvalue weighted by molar-refractivity contribution is 0.292. The van der Waals surface area contributed by atoms with E-state index in [0.29, 0.717) is 34.5 Å². The van der Waals surface area contributed by atoms with E-state index in [2.05, 4.69) is 25.6 Å². The van der Waals surface area contributed by atoms with Crippen molar-refractivity contribution in [2.45, 2.75) is 13.3 Å². The van der Waals surface area contributed by atoms with Crippen molar-refractivity contribution in [3.05, 3.63) is 40.0 Å². The summed E-state index contributed by atoms with van der Waals surface area (Å²) in [7, 11) is 0. The molecular weight excluding hydrogens is 351 g/mol. The summed E-state index contributed by atoms with van der Waals surface area (Å²) in [4.78, 5) is 12.6. The van der Waals surface area contributed by atoms with Crippen LogP contribution in [0, 0.1) is 6.92 Å². The number of nitrogens with zero attached hydrogens (tertiary/aromatic N) is 3. The Morgan fingerprint density at radius 3 is 2.75 bits per heavy atom. The molecule has 0 saturated carbocycles. The van der Waals surface area contributed by atoms with Crippen LogP contribution in [0.25, 0.3) is 0 Å². The Labute approximate surface area is 149 Å². The van der Waals surface area contributed by atoms with E-state index in [9.17, 15) is 0 Å². The van der Waals surface area contributed by atoms with E-state index in [1.807, 2.05) is 6.92 Å². The van der Waals surface area contributed by atoms with Gasteiger partial charge in [-0.1, -0.05) is 23.2 Å². The molecule has 0 unspecified atom stereocenters. The van der Waals surface area contributed by atoms with Gasteiger partial charge in [-0.2, -0.15) is 9.98 Å². The van der Waals surface area contributed by atoms with Gasteiger partial charge in [0.25, 0.3) is 5.95 Å². The van der Waals surface area contributed by atoms with E-state index in [-0.39, 0.29) is 18.5 Å². The average molecular weight is 369 g/mol. The molecule has 0 aliphatic heterocycles. The van der Waals surface area contributed by atoms with Gasteiger partial charge in [0.05, 0.1) is 10.0 Å². The normalized spacial score (nSPS) is 11.4. The third kappa shape index (κ3) is 5.52. The smallest absolute Gasteiger partial charge is 0.254 e. The Morgan fingerprint density at radius 1 is 1.25 bits per heavy atom. The molecule has 7 nitrogen and oxygen atoms in total. The molecule has 1 aromatic heterocycles. The minimum Gasteiger partial charge on any atom is -0.396 e. The summed E-state index contributed by atoms with van der Waals surface area (Å²) in [6, 6.07) is 6.83. The zero-order valence-corrected chi connectivity index (χ0v) is 14.6. The maximum Gasteiger partial charge on any atom is 0.254 e. The van der Waals surface area contributed by atoms with Gasteiger partial charge in [0, 0.05) is 30.6 Å². The van der Waals surface area contributed by atoms with E-state index in [1.54, 1.807) is 24.3 Å². The zero-order chi connectivity index (χ0) is 17.5. The predicted molar refractivity (Wildman–Crippen MR) is 98.3 cm³/mol. The molecule has 0 radical (unpaired) electrons. The van der Waals surface area contributed by atoms with Gasteiger partial charge in [0.1, 0.15) is 5.82 Å². The molecule has 0 aliphatic rings. The number of aliphatic imine (C=N–C) groups is 1. The summed E-state index contributed by atoms with van der Waals surface area (Å²) in [5.74, 6) is 0.976. The lowest BCUT2D eigenvalue weighted by atomic mass is 10.3. The fourth-order valence-electron chi connectivity index (χ4n) is 1.85. The molecule has 0 amide bonds. The fraction of sp³-hybridized carbons (Fsp3) is 0.267. The second kappa shape index (κ2) is 8.68. The van der Waals surface area contributed by atoms with Crippen molar-refractivity contribution < 1.29 is 5.11 Å². The van der Waals surface area contributed by atoms with Crippen LogP contribution < -0.4 is 16.4 Å². The van der Waals surface area contributed by atoms with Gasteiger partial charge in [-0.25, -0.2) is 4.98 Å². The second-order valence-electron chi connectivity index (χ2n) is 4.95. The monoisotopic (exact) mass is 368 g/mol. The van der Waals surface area contributed by atoms with E-state index in [1.165, 1.54) is 0 Å². The third-order valence-electron chi connectivity index (χ3n) is 2.90. The average Bonchev–Trinajstić information content (AvgIpc) is 2.50. The van der Waals surface area contributed by atoms with Crippen LogP contribution in [0.4, 0.5) is 17.5 Å². The van der Waals surface area contributed by atoms with Crippen LogP contribution in [0.2, 0.25) is 10.0 Å². The number of benzene rings is 1. The molecule has 9 heteroatoms. The first kappa shape index (κ1) is 18.3. The summed E-state index contributed by atoms with van der Waals surface area (Å²) in [5, 5.41) is 15.7. The van der Waals surface area contributed by atoms with Gasteiger partial charge >= 0.3 is 0 Å². The number of hydrogen-bond donors (Lipinski definition) is 4. The van der Waals surface area contributed by atoms with Gasteiger partial charge in [-0.3, -0.25) is 0 Å². The van der Waals surface area contributed by atoms with Crippen molar-refractivity contribution in [3.63, 3.8) is 0 Å². The van der Waals surface area contributed by atoms with Gasteiger partial charge < -0.3 is 21.5 Å². The summed E-state index contributed by atoms with van der Waals surface area (Å²) in [5.41, 5.74) is 7.28. The number of anilines is 2. The minimum atomic E-state index is 0.114. The maximum atomic E-state index is 8.81. The molecule has 2 aromatic rings. The summed E-state index contributed by atoms with van der Waals surface area (Å²) < 4.78 is 0. The van der Waals surface area contributed by atoms with Crippen LogP contribution in [-0.2, 0) is 0 Å². The molecule has 1 aromatic carbocycles. The number of hydrogen-bond acceptors (Lipinski definition) is 5.